The summed E-state index contributed by atoms with van der Waals surface area (Å²) < 4.78 is 7.49. The highest BCUT2D eigenvalue weighted by Gasteiger charge is 2.21. The molecule has 1 aliphatic rings. The van der Waals surface area contributed by atoms with Gasteiger partial charge in [0.25, 0.3) is 11.5 Å². The van der Waals surface area contributed by atoms with E-state index in [1.54, 1.807) is 12.3 Å². The maximum Gasteiger partial charge on any atom is 0.269 e. The van der Waals surface area contributed by atoms with Gasteiger partial charge in [0.2, 0.25) is 5.88 Å². The van der Waals surface area contributed by atoms with Crippen LogP contribution in [0.4, 0.5) is 0 Å². The molecule has 7 nitrogen and oxygen atoms in total. The van der Waals surface area contributed by atoms with Gasteiger partial charge in [-0.25, -0.2) is 0 Å². The Morgan fingerprint density at radius 2 is 1.88 bits per heavy atom. The molecule has 4 rings (SSSR count). The van der Waals surface area contributed by atoms with Crippen molar-refractivity contribution in [3.8, 4) is 17.7 Å². The highest BCUT2D eigenvalue weighted by atomic mass is 16.5. The lowest BCUT2D eigenvalue weighted by atomic mass is 9.95. The van der Waals surface area contributed by atoms with Crippen molar-refractivity contribution in [1.29, 1.82) is 5.26 Å². The largest absolute Gasteiger partial charge is 0.438 e. The Morgan fingerprint density at radius 3 is 2.56 bits per heavy atom. The topological polar surface area (TPSA) is 96.5 Å². The molecule has 0 unspecified atom stereocenters. The Labute approximate surface area is 198 Å². The highest BCUT2D eigenvalue weighted by Crippen LogP contribution is 2.26. The number of nitrogens with zero attached hydrogens (tertiary/aromatic N) is 3. The number of rotatable bonds is 5. The van der Waals surface area contributed by atoms with E-state index in [9.17, 15) is 14.9 Å². The average Bonchev–Trinajstić information content (AvgIpc) is 2.79. The summed E-state index contributed by atoms with van der Waals surface area (Å²) in [5.74, 6) is 0.102. The van der Waals surface area contributed by atoms with Crippen LogP contribution in [-0.4, -0.2) is 21.3 Å². The molecule has 0 atom stereocenters. The number of amides is 1. The molecule has 0 bridgehead atoms. The summed E-state index contributed by atoms with van der Waals surface area (Å²) in [7, 11) is 0. The van der Waals surface area contributed by atoms with E-state index in [0.29, 0.717) is 11.4 Å². The number of hydrogen-bond donors (Lipinski definition) is 1. The van der Waals surface area contributed by atoms with Crippen molar-refractivity contribution < 1.29 is 9.53 Å². The third kappa shape index (κ3) is 5.01. The molecule has 0 aliphatic heterocycles. The number of fused-ring (bicyclic) bond motifs is 1. The van der Waals surface area contributed by atoms with Crippen LogP contribution in [0.25, 0.3) is 11.7 Å². The number of nitriles is 1. The number of carbonyl (C=O) groups is 1. The number of pyridine rings is 1. The van der Waals surface area contributed by atoms with Crippen molar-refractivity contribution in [2.75, 3.05) is 0 Å². The molecule has 2 heterocycles. The predicted octanol–water partition coefficient (Wildman–Crippen LogP) is 4.77. The molecular formula is C27H28N4O3. The first-order valence-electron chi connectivity index (χ1n) is 11.6. The zero-order valence-corrected chi connectivity index (χ0v) is 19.7. The molecule has 34 heavy (non-hydrogen) atoms. The zero-order valence-electron chi connectivity index (χ0n) is 19.7. The first-order valence-corrected chi connectivity index (χ1v) is 11.6. The Morgan fingerprint density at radius 1 is 1.18 bits per heavy atom. The number of aromatic nitrogens is 2. The Bertz CT molecular complexity index is 1350. The van der Waals surface area contributed by atoms with Gasteiger partial charge in [-0.1, -0.05) is 31.4 Å². The molecule has 1 aromatic carbocycles. The van der Waals surface area contributed by atoms with Crippen LogP contribution in [-0.2, 0) is 4.79 Å². The lowest BCUT2D eigenvalue weighted by Gasteiger charge is -2.22. The van der Waals surface area contributed by atoms with Gasteiger partial charge in [-0.3, -0.25) is 14.0 Å². The van der Waals surface area contributed by atoms with Gasteiger partial charge in [-0.2, -0.15) is 10.2 Å². The van der Waals surface area contributed by atoms with Gasteiger partial charge < -0.3 is 10.1 Å². The first-order chi connectivity index (χ1) is 16.4. The standard InChI is InChI=1S/C27H28N4O3/c1-17-12-18(2)14-22(13-17)34-26-23(27(33)31-11-7-8-19(3)24(31)30-26)15-20(16-28)25(32)29-21-9-5-4-6-10-21/h7-8,11-15,21H,4-6,9-10H2,1-3H3,(H,29,32). The van der Waals surface area contributed by atoms with Gasteiger partial charge in [0.05, 0.1) is 0 Å². The molecule has 1 aliphatic carbocycles. The van der Waals surface area contributed by atoms with Gasteiger partial charge in [-0.05, 0) is 74.6 Å². The van der Waals surface area contributed by atoms with E-state index in [1.165, 1.54) is 10.5 Å². The smallest absolute Gasteiger partial charge is 0.269 e. The van der Waals surface area contributed by atoms with Crippen LogP contribution >= 0.6 is 0 Å². The number of ether oxygens (including phenoxy) is 1. The molecule has 1 saturated carbocycles. The van der Waals surface area contributed by atoms with E-state index >= 15 is 0 Å². The van der Waals surface area contributed by atoms with Crippen LogP contribution < -0.4 is 15.6 Å². The highest BCUT2D eigenvalue weighted by molar-refractivity contribution is 6.02. The third-order valence-corrected chi connectivity index (χ3v) is 6.05. The minimum atomic E-state index is -0.486. The van der Waals surface area contributed by atoms with E-state index in [4.69, 9.17) is 4.74 Å². The molecule has 2 aromatic heterocycles. The number of aryl methyl sites for hydroxylation is 3. The normalized spacial score (nSPS) is 14.6. The van der Waals surface area contributed by atoms with Crippen LogP contribution in [0.2, 0.25) is 0 Å². The minimum absolute atomic E-state index is 0.0439. The van der Waals surface area contributed by atoms with Crippen LogP contribution in [0.5, 0.6) is 11.6 Å². The fourth-order valence-electron chi connectivity index (χ4n) is 4.40. The Balaban J connectivity index is 1.81. The number of hydrogen-bond acceptors (Lipinski definition) is 5. The fraction of sp³-hybridized carbons (Fsp3) is 0.333. The van der Waals surface area contributed by atoms with Crippen molar-refractivity contribution in [3.05, 3.63) is 74.7 Å². The predicted molar refractivity (Wildman–Crippen MR) is 131 cm³/mol. The summed E-state index contributed by atoms with van der Waals surface area (Å²) in [4.78, 5) is 30.9. The van der Waals surface area contributed by atoms with Gasteiger partial charge >= 0.3 is 0 Å². The Kier molecular flexibility index (Phi) is 6.78. The van der Waals surface area contributed by atoms with Crippen molar-refractivity contribution in [2.45, 2.75) is 58.9 Å². The molecular weight excluding hydrogens is 428 g/mol. The molecule has 1 fully saturated rings. The summed E-state index contributed by atoms with van der Waals surface area (Å²) >= 11 is 0. The molecule has 0 saturated heterocycles. The molecule has 174 valence electrons. The molecule has 7 heteroatoms. The lowest BCUT2D eigenvalue weighted by Crippen LogP contribution is -2.36. The number of nitrogens with one attached hydrogen (secondary N) is 1. The molecule has 0 radical (unpaired) electrons. The van der Waals surface area contributed by atoms with Crippen molar-refractivity contribution in [2.24, 2.45) is 0 Å². The van der Waals surface area contributed by atoms with Crippen LogP contribution in [0, 0.1) is 32.1 Å². The average molecular weight is 457 g/mol. The van der Waals surface area contributed by atoms with E-state index in [1.807, 2.05) is 51.1 Å². The zero-order chi connectivity index (χ0) is 24.2. The second-order valence-electron chi connectivity index (χ2n) is 8.92. The summed E-state index contributed by atoms with van der Waals surface area (Å²) in [6.45, 7) is 5.77. The molecule has 3 aromatic rings. The van der Waals surface area contributed by atoms with E-state index in [0.717, 1.165) is 48.8 Å². The van der Waals surface area contributed by atoms with E-state index in [2.05, 4.69) is 10.3 Å². The van der Waals surface area contributed by atoms with E-state index < -0.39 is 11.5 Å². The number of benzene rings is 1. The van der Waals surface area contributed by atoms with Gasteiger partial charge in [0.15, 0.2) is 0 Å². The maximum atomic E-state index is 13.4. The van der Waals surface area contributed by atoms with Gasteiger partial charge in [0, 0.05) is 12.2 Å². The minimum Gasteiger partial charge on any atom is -0.438 e. The second kappa shape index (κ2) is 9.92. The summed E-state index contributed by atoms with van der Waals surface area (Å²) in [6, 6.07) is 11.3. The molecule has 1 amide bonds. The first kappa shape index (κ1) is 23.2. The summed E-state index contributed by atoms with van der Waals surface area (Å²) in [5.41, 5.74) is 2.76. The SMILES string of the molecule is Cc1cc(C)cc(Oc2nc3c(C)cccn3c(=O)c2C=C(C#N)C(=O)NC2CCCCC2)c1. The van der Waals surface area contributed by atoms with Gasteiger partial charge in [-0.15, -0.1) is 0 Å². The van der Waals surface area contributed by atoms with Crippen LogP contribution in [0.15, 0.2) is 46.9 Å². The maximum absolute atomic E-state index is 13.4. The van der Waals surface area contributed by atoms with E-state index in [-0.39, 0.29) is 23.1 Å². The second-order valence-corrected chi connectivity index (χ2v) is 8.92. The van der Waals surface area contributed by atoms with Crippen LogP contribution in [0.1, 0.15) is 54.4 Å². The third-order valence-electron chi connectivity index (χ3n) is 6.05. The molecule has 1 N–H and O–H groups in total. The summed E-state index contributed by atoms with van der Waals surface area (Å²) in [6.07, 6.45) is 7.96. The number of carbonyl (C=O) groups excluding carboxylic acids is 1. The summed E-state index contributed by atoms with van der Waals surface area (Å²) in [5, 5.41) is 12.7. The van der Waals surface area contributed by atoms with Crippen molar-refractivity contribution in [3.63, 3.8) is 0 Å². The monoisotopic (exact) mass is 456 g/mol. The fourth-order valence-corrected chi connectivity index (χ4v) is 4.40. The van der Waals surface area contributed by atoms with Crippen molar-refractivity contribution >= 4 is 17.6 Å². The lowest BCUT2D eigenvalue weighted by molar-refractivity contribution is -0.117. The van der Waals surface area contributed by atoms with Crippen LogP contribution in [0.3, 0.4) is 0 Å². The van der Waals surface area contributed by atoms with Gasteiger partial charge in [0.1, 0.15) is 28.6 Å². The Hall–Kier alpha value is -3.92. The quantitative estimate of drug-likeness (QED) is 0.441. The van der Waals surface area contributed by atoms with Crippen molar-refractivity contribution in [1.82, 2.24) is 14.7 Å². The molecule has 0 spiro atoms.